The van der Waals surface area contributed by atoms with E-state index in [0.29, 0.717) is 0 Å². The van der Waals surface area contributed by atoms with Gasteiger partial charge < -0.3 is 0 Å². The molecule has 0 aromatic carbocycles. The average Bonchev–Trinajstić information content (AvgIpc) is 0.918. The van der Waals surface area contributed by atoms with Crippen molar-refractivity contribution in [3.63, 3.8) is 0 Å². The van der Waals surface area contributed by atoms with E-state index in [1.807, 2.05) is 0 Å². The zero-order valence-corrected chi connectivity index (χ0v) is 5.99. The van der Waals surface area contributed by atoms with Crippen LogP contribution in [0.15, 0.2) is 0 Å². The summed E-state index contributed by atoms with van der Waals surface area (Å²) >= 11 is -2.00. The van der Waals surface area contributed by atoms with Gasteiger partial charge in [0.1, 0.15) is 0 Å². The molecule has 0 N–H and O–H groups in total. The molecule has 0 radical (unpaired) electrons. The zero-order chi connectivity index (χ0) is 2.71. The van der Waals surface area contributed by atoms with Crippen LogP contribution in [0.4, 0.5) is 0 Å². The Bertz CT molecular complexity index is 28.6. The third-order valence-electron chi connectivity index (χ3n) is 0. The van der Waals surface area contributed by atoms with Crippen molar-refractivity contribution in [1.82, 2.24) is 0 Å². The van der Waals surface area contributed by atoms with E-state index in [1.54, 1.807) is 0 Å². The molecule has 0 aromatic heterocycles. The predicted molar refractivity (Wildman–Crippen MR) is 15.9 cm³/mol. The molecular formula is H2Cl2IrO2. The van der Waals surface area contributed by atoms with E-state index >= 15 is 0 Å². The first-order chi connectivity index (χ1) is 1.41. The molecule has 0 amide bonds. The van der Waals surface area contributed by atoms with Crippen LogP contribution in [0.25, 0.3) is 0 Å². The Morgan fingerprint density at radius 2 is 1.00 bits per heavy atom. The molecule has 0 aliphatic heterocycles. The summed E-state index contributed by atoms with van der Waals surface area (Å²) in [5.41, 5.74) is 0. The standard InChI is InChI=1S/2ClH.Ir.2O/h2*1H;;;. The van der Waals surface area contributed by atoms with Crippen molar-refractivity contribution in [2.24, 2.45) is 0 Å². The number of hydrogen-bond acceptors (Lipinski definition) is 2. The van der Waals surface area contributed by atoms with Gasteiger partial charge in [-0.15, -0.1) is 24.8 Å². The average molecular weight is 297 g/mol. The topological polar surface area (TPSA) is 34.1 Å². The van der Waals surface area contributed by atoms with Gasteiger partial charge in [-0.25, -0.2) is 0 Å². The molecular weight excluding hydrogens is 295 g/mol. The summed E-state index contributed by atoms with van der Waals surface area (Å²) in [4.78, 5) is 0. The first kappa shape index (κ1) is 17.0. The van der Waals surface area contributed by atoms with Gasteiger partial charge in [-0.05, 0) is 0 Å². The predicted octanol–water partition coefficient (Wildman–Crippen LogP) is 0.603. The molecule has 5 heteroatoms. The molecule has 0 aromatic rings. The summed E-state index contributed by atoms with van der Waals surface area (Å²) in [6, 6.07) is 0. The summed E-state index contributed by atoms with van der Waals surface area (Å²) in [6.07, 6.45) is 0. The van der Waals surface area contributed by atoms with Crippen LogP contribution < -0.4 is 0 Å². The van der Waals surface area contributed by atoms with E-state index < -0.39 is 17.6 Å². The second-order valence-electron chi connectivity index (χ2n) is 0.0556. The molecule has 37 valence electrons. The second kappa shape index (κ2) is 21.2. The fourth-order valence-corrected chi connectivity index (χ4v) is 0. The molecule has 0 bridgehead atoms. The van der Waals surface area contributed by atoms with Gasteiger partial charge in [0.05, 0.1) is 0 Å². The molecule has 0 heterocycles. The van der Waals surface area contributed by atoms with E-state index in [9.17, 15) is 0 Å². The molecule has 0 fully saturated rings. The van der Waals surface area contributed by atoms with Crippen molar-refractivity contribution >= 4 is 24.8 Å². The third-order valence-corrected chi connectivity index (χ3v) is 0. The summed E-state index contributed by atoms with van der Waals surface area (Å²) in [6.45, 7) is 0. The van der Waals surface area contributed by atoms with E-state index in [0.717, 1.165) is 0 Å². The van der Waals surface area contributed by atoms with Crippen molar-refractivity contribution in [1.29, 1.82) is 0 Å². The Balaban J connectivity index is -0.0000000200. The summed E-state index contributed by atoms with van der Waals surface area (Å²) in [7, 11) is 0. The van der Waals surface area contributed by atoms with Gasteiger partial charge in [-0.1, -0.05) is 0 Å². The Morgan fingerprint density at radius 1 is 1.00 bits per heavy atom. The second-order valence-corrected chi connectivity index (χ2v) is 0.455. The fourth-order valence-electron chi connectivity index (χ4n) is 0. The molecule has 5 heavy (non-hydrogen) atoms. The van der Waals surface area contributed by atoms with Crippen molar-refractivity contribution in [3.05, 3.63) is 0 Å². The van der Waals surface area contributed by atoms with Crippen LogP contribution in [-0.4, -0.2) is 0 Å². The zero-order valence-electron chi connectivity index (χ0n) is 1.97. The van der Waals surface area contributed by atoms with Gasteiger partial charge >= 0.3 is 24.6 Å². The van der Waals surface area contributed by atoms with Gasteiger partial charge in [0.25, 0.3) is 0 Å². The van der Waals surface area contributed by atoms with Crippen LogP contribution in [0.1, 0.15) is 0 Å². The quantitative estimate of drug-likeness (QED) is 0.656. The van der Waals surface area contributed by atoms with Gasteiger partial charge in [0.2, 0.25) is 0 Å². The Hall–Kier alpha value is 0.829. The maximum absolute atomic E-state index is 8.50. The van der Waals surface area contributed by atoms with Crippen LogP contribution in [0.3, 0.4) is 0 Å². The molecule has 0 aliphatic carbocycles. The van der Waals surface area contributed by atoms with E-state index in [1.165, 1.54) is 0 Å². The Labute approximate surface area is 49.7 Å². The number of halogens is 2. The summed E-state index contributed by atoms with van der Waals surface area (Å²) in [5, 5.41) is 0. The SMILES string of the molecule is Cl.Cl.[O]=[Ir]=[O]. The fraction of sp³-hybridized carbons (Fsp3) is 0. The van der Waals surface area contributed by atoms with Gasteiger partial charge in [0.15, 0.2) is 0 Å². The number of rotatable bonds is 0. The number of hydrogen-bond donors (Lipinski definition) is 0. The normalized spacial score (nSPS) is 3.20. The van der Waals surface area contributed by atoms with E-state index in [2.05, 4.69) is 0 Å². The van der Waals surface area contributed by atoms with Crippen molar-refractivity contribution in [3.8, 4) is 0 Å². The molecule has 0 unspecified atom stereocenters. The van der Waals surface area contributed by atoms with Crippen LogP contribution in [0, 0.1) is 0 Å². The van der Waals surface area contributed by atoms with Gasteiger partial charge in [-0.3, -0.25) is 0 Å². The first-order valence-corrected chi connectivity index (χ1v) is 2.23. The van der Waals surface area contributed by atoms with E-state index in [-0.39, 0.29) is 24.8 Å². The van der Waals surface area contributed by atoms with Gasteiger partial charge in [-0.2, -0.15) is 0 Å². The van der Waals surface area contributed by atoms with Crippen LogP contribution in [0.5, 0.6) is 0 Å². The first-order valence-electron chi connectivity index (χ1n) is 0.272. The molecule has 0 aliphatic rings. The Kier molecular flexibility index (Phi) is 71.9. The monoisotopic (exact) mass is 297 g/mol. The third kappa shape index (κ3) is 56.2. The molecule has 0 saturated carbocycles. The van der Waals surface area contributed by atoms with Crippen molar-refractivity contribution in [2.45, 2.75) is 0 Å². The molecule has 0 spiro atoms. The molecule has 0 rings (SSSR count). The molecule has 0 saturated heterocycles. The van der Waals surface area contributed by atoms with Crippen molar-refractivity contribution < 1.29 is 24.6 Å². The molecule has 0 atom stereocenters. The maximum atomic E-state index is 8.50. The minimum atomic E-state index is -2.00. The van der Waals surface area contributed by atoms with Crippen LogP contribution in [-0.2, 0) is 24.6 Å². The van der Waals surface area contributed by atoms with Crippen LogP contribution in [0.2, 0.25) is 0 Å². The summed E-state index contributed by atoms with van der Waals surface area (Å²) in [5.74, 6) is 0. The van der Waals surface area contributed by atoms with Gasteiger partial charge in [0, 0.05) is 0 Å². The minimum absolute atomic E-state index is 0. The van der Waals surface area contributed by atoms with E-state index in [4.69, 9.17) is 7.01 Å². The van der Waals surface area contributed by atoms with Crippen LogP contribution >= 0.6 is 24.8 Å². The van der Waals surface area contributed by atoms with Crippen molar-refractivity contribution in [2.75, 3.05) is 0 Å². The molecule has 2 nitrogen and oxygen atoms in total. The summed E-state index contributed by atoms with van der Waals surface area (Å²) < 4.78 is 17.0. The Morgan fingerprint density at radius 3 is 1.00 bits per heavy atom.